The molecule has 0 amide bonds. The molecule has 24 heavy (non-hydrogen) atoms. The van der Waals surface area contributed by atoms with Crippen LogP contribution in [0.15, 0.2) is 28.1 Å². The molecular formula is C19H17BrFNOS. The van der Waals surface area contributed by atoms with E-state index in [2.05, 4.69) is 26.9 Å². The Morgan fingerprint density at radius 1 is 1.42 bits per heavy atom. The van der Waals surface area contributed by atoms with Crippen LogP contribution in [-0.4, -0.2) is 18.9 Å². The van der Waals surface area contributed by atoms with Gasteiger partial charge in [0.25, 0.3) is 0 Å². The molecule has 0 saturated heterocycles. The summed E-state index contributed by atoms with van der Waals surface area (Å²) in [6, 6.07) is 4.56. The SMILES string of the molecule is Cc1cc(C(=O)c2c(Br)sc3c2C=CCN3CC2CC2)ccc1F. The molecule has 5 heteroatoms. The van der Waals surface area contributed by atoms with Crippen molar-refractivity contribution in [3.63, 3.8) is 0 Å². The molecule has 0 spiro atoms. The minimum Gasteiger partial charge on any atom is -0.359 e. The number of fused-ring (bicyclic) bond motifs is 1. The summed E-state index contributed by atoms with van der Waals surface area (Å²) in [7, 11) is 0. The van der Waals surface area contributed by atoms with Crippen molar-refractivity contribution in [2.75, 3.05) is 18.0 Å². The average Bonchev–Trinajstić information content (AvgIpc) is 3.30. The lowest BCUT2D eigenvalue weighted by atomic mass is 9.99. The second-order valence-electron chi connectivity index (χ2n) is 6.51. The Bertz CT molecular complexity index is 853. The van der Waals surface area contributed by atoms with E-state index in [9.17, 15) is 9.18 Å². The first-order valence-corrected chi connectivity index (χ1v) is 9.70. The van der Waals surface area contributed by atoms with Crippen LogP contribution in [0.3, 0.4) is 0 Å². The van der Waals surface area contributed by atoms with Gasteiger partial charge in [-0.05, 0) is 65.4 Å². The van der Waals surface area contributed by atoms with Gasteiger partial charge in [0.05, 0.1) is 9.35 Å². The lowest BCUT2D eigenvalue weighted by Crippen LogP contribution is -2.27. The Labute approximate surface area is 153 Å². The lowest BCUT2D eigenvalue weighted by molar-refractivity contribution is 0.103. The number of rotatable bonds is 4. The molecule has 1 saturated carbocycles. The van der Waals surface area contributed by atoms with Crippen LogP contribution in [0.4, 0.5) is 9.39 Å². The van der Waals surface area contributed by atoms with Crippen molar-refractivity contribution in [3.8, 4) is 0 Å². The Morgan fingerprint density at radius 3 is 2.92 bits per heavy atom. The van der Waals surface area contributed by atoms with E-state index in [4.69, 9.17) is 0 Å². The highest BCUT2D eigenvalue weighted by molar-refractivity contribution is 9.11. The summed E-state index contributed by atoms with van der Waals surface area (Å²) in [5.41, 5.74) is 2.71. The summed E-state index contributed by atoms with van der Waals surface area (Å²) in [5, 5.41) is 1.17. The monoisotopic (exact) mass is 405 g/mol. The van der Waals surface area contributed by atoms with E-state index in [1.54, 1.807) is 30.4 Å². The van der Waals surface area contributed by atoms with E-state index in [0.29, 0.717) is 16.7 Å². The number of aryl methyl sites for hydroxylation is 1. The van der Waals surface area contributed by atoms with Crippen molar-refractivity contribution in [2.45, 2.75) is 19.8 Å². The van der Waals surface area contributed by atoms with Gasteiger partial charge in [0.15, 0.2) is 5.78 Å². The predicted octanol–water partition coefficient (Wildman–Crippen LogP) is 5.43. The van der Waals surface area contributed by atoms with Gasteiger partial charge in [0, 0.05) is 24.2 Å². The Hall–Kier alpha value is -1.46. The van der Waals surface area contributed by atoms with E-state index in [-0.39, 0.29) is 11.6 Å². The number of carbonyl (C=O) groups is 1. The molecule has 0 atom stereocenters. The fourth-order valence-electron chi connectivity index (χ4n) is 3.09. The Morgan fingerprint density at radius 2 is 2.21 bits per heavy atom. The molecule has 1 aromatic carbocycles. The van der Waals surface area contributed by atoms with Gasteiger partial charge in [0.1, 0.15) is 10.8 Å². The third kappa shape index (κ3) is 2.84. The van der Waals surface area contributed by atoms with Crippen LogP contribution in [0.5, 0.6) is 0 Å². The molecule has 4 rings (SSSR count). The van der Waals surface area contributed by atoms with Gasteiger partial charge in [-0.2, -0.15) is 0 Å². The minimum atomic E-state index is -0.284. The number of nitrogens with zero attached hydrogens (tertiary/aromatic N) is 1. The first-order chi connectivity index (χ1) is 11.5. The highest BCUT2D eigenvalue weighted by atomic mass is 79.9. The zero-order valence-electron chi connectivity index (χ0n) is 13.3. The van der Waals surface area contributed by atoms with Crippen molar-refractivity contribution in [1.82, 2.24) is 0 Å². The number of benzene rings is 1. The van der Waals surface area contributed by atoms with Crippen LogP contribution >= 0.6 is 27.3 Å². The highest BCUT2D eigenvalue weighted by Gasteiger charge is 2.30. The number of hydrogen-bond acceptors (Lipinski definition) is 3. The molecule has 0 bridgehead atoms. The van der Waals surface area contributed by atoms with Gasteiger partial charge >= 0.3 is 0 Å². The van der Waals surface area contributed by atoms with E-state index >= 15 is 0 Å². The summed E-state index contributed by atoms with van der Waals surface area (Å²) in [6.07, 6.45) is 6.78. The third-order valence-electron chi connectivity index (χ3n) is 4.60. The predicted molar refractivity (Wildman–Crippen MR) is 101 cm³/mol. The molecule has 0 radical (unpaired) electrons. The van der Waals surface area contributed by atoms with Crippen molar-refractivity contribution in [2.24, 2.45) is 5.92 Å². The van der Waals surface area contributed by atoms with Crippen LogP contribution in [0.2, 0.25) is 0 Å². The minimum absolute atomic E-state index is 0.0552. The Balaban J connectivity index is 1.73. The number of ketones is 1. The summed E-state index contributed by atoms with van der Waals surface area (Å²) in [4.78, 5) is 15.4. The Kier molecular flexibility index (Phi) is 4.09. The van der Waals surface area contributed by atoms with Crippen molar-refractivity contribution >= 4 is 44.1 Å². The van der Waals surface area contributed by atoms with E-state index < -0.39 is 0 Å². The number of thiophene rings is 1. The van der Waals surface area contributed by atoms with Crippen LogP contribution in [0.25, 0.3) is 6.08 Å². The number of carbonyl (C=O) groups excluding carboxylic acids is 1. The first kappa shape index (κ1) is 16.0. The molecule has 2 aromatic rings. The van der Waals surface area contributed by atoms with Gasteiger partial charge in [-0.25, -0.2) is 4.39 Å². The van der Waals surface area contributed by atoms with Gasteiger partial charge in [-0.15, -0.1) is 11.3 Å². The molecule has 0 N–H and O–H groups in total. The van der Waals surface area contributed by atoms with Gasteiger partial charge < -0.3 is 4.90 Å². The van der Waals surface area contributed by atoms with Crippen molar-refractivity contribution in [3.05, 3.63) is 56.1 Å². The molecule has 1 aromatic heterocycles. The zero-order valence-corrected chi connectivity index (χ0v) is 15.7. The summed E-state index contributed by atoms with van der Waals surface area (Å²) in [5.74, 6) is 0.456. The molecule has 0 unspecified atom stereocenters. The highest BCUT2D eigenvalue weighted by Crippen LogP contribution is 2.44. The van der Waals surface area contributed by atoms with Gasteiger partial charge in [0.2, 0.25) is 0 Å². The molecule has 1 aliphatic carbocycles. The quantitative estimate of drug-likeness (QED) is 0.631. The molecular weight excluding hydrogens is 389 g/mol. The maximum Gasteiger partial charge on any atom is 0.195 e. The number of anilines is 1. The maximum absolute atomic E-state index is 13.5. The summed E-state index contributed by atoms with van der Waals surface area (Å²) < 4.78 is 14.4. The summed E-state index contributed by atoms with van der Waals surface area (Å²) >= 11 is 5.20. The second kappa shape index (κ2) is 6.12. The standard InChI is InChI=1S/C19H17BrFNOS/c1-11-9-13(6-7-15(11)21)17(23)16-14-3-2-8-22(10-12-4-5-12)19(14)24-18(16)20/h2-3,6-7,9,12H,4-5,8,10H2,1H3. The van der Waals surface area contributed by atoms with Crippen molar-refractivity contribution in [1.29, 1.82) is 0 Å². The molecule has 2 nitrogen and oxygen atoms in total. The van der Waals surface area contributed by atoms with E-state index in [1.807, 2.05) is 6.08 Å². The summed E-state index contributed by atoms with van der Waals surface area (Å²) in [6.45, 7) is 3.65. The molecule has 2 aliphatic rings. The lowest BCUT2D eigenvalue weighted by Gasteiger charge is -2.25. The topological polar surface area (TPSA) is 20.3 Å². The fraction of sp³-hybridized carbons (Fsp3) is 0.316. The molecule has 1 aliphatic heterocycles. The van der Waals surface area contributed by atoms with Gasteiger partial charge in [-0.1, -0.05) is 12.2 Å². The fourth-order valence-corrected chi connectivity index (χ4v) is 4.97. The maximum atomic E-state index is 13.5. The van der Waals surface area contributed by atoms with Crippen LogP contribution in [0, 0.1) is 18.7 Å². The molecule has 2 heterocycles. The zero-order chi connectivity index (χ0) is 16.8. The normalized spacial score (nSPS) is 16.4. The largest absolute Gasteiger partial charge is 0.359 e. The average molecular weight is 406 g/mol. The second-order valence-corrected chi connectivity index (χ2v) is 8.83. The van der Waals surface area contributed by atoms with Crippen LogP contribution in [0.1, 0.15) is 39.9 Å². The number of hydrogen-bond donors (Lipinski definition) is 0. The van der Waals surface area contributed by atoms with Crippen LogP contribution < -0.4 is 4.90 Å². The third-order valence-corrected chi connectivity index (χ3v) is 6.54. The van der Waals surface area contributed by atoms with E-state index in [0.717, 1.165) is 28.4 Å². The smallest absolute Gasteiger partial charge is 0.195 e. The molecule has 1 fully saturated rings. The van der Waals surface area contributed by atoms with Crippen LogP contribution in [-0.2, 0) is 0 Å². The van der Waals surface area contributed by atoms with E-state index in [1.165, 1.54) is 23.9 Å². The van der Waals surface area contributed by atoms with Crippen molar-refractivity contribution < 1.29 is 9.18 Å². The first-order valence-electron chi connectivity index (χ1n) is 8.09. The van der Waals surface area contributed by atoms with Gasteiger partial charge in [-0.3, -0.25) is 4.79 Å². The number of halogens is 2. The molecule has 124 valence electrons.